The Labute approximate surface area is 258 Å². The molecule has 3 unspecified atom stereocenters. The van der Waals surface area contributed by atoms with Gasteiger partial charge in [0, 0.05) is 41.4 Å². The third-order valence-corrected chi connectivity index (χ3v) is 8.47. The van der Waals surface area contributed by atoms with Crippen LogP contribution >= 0.6 is 11.6 Å². The molecule has 2 aromatic carbocycles. The summed E-state index contributed by atoms with van der Waals surface area (Å²) < 4.78 is 17.8. The first-order valence-corrected chi connectivity index (χ1v) is 14.7. The van der Waals surface area contributed by atoms with E-state index in [0.29, 0.717) is 5.56 Å². The van der Waals surface area contributed by atoms with Crippen LogP contribution in [0.1, 0.15) is 80.1 Å². The number of carbonyl (C=O) groups excluding carboxylic acids is 2. The normalized spacial score (nSPS) is 16.3. The highest BCUT2D eigenvalue weighted by atomic mass is 35.5. The van der Waals surface area contributed by atoms with Gasteiger partial charge in [-0.15, -0.1) is 0 Å². The maximum absolute atomic E-state index is 14.4. The van der Waals surface area contributed by atoms with Crippen LogP contribution in [0, 0.1) is 24.1 Å². The Hall–Kier alpha value is -5.01. The first-order chi connectivity index (χ1) is 21.3. The number of amides is 2. The fourth-order valence-corrected chi connectivity index (χ4v) is 6.13. The van der Waals surface area contributed by atoms with E-state index in [0.717, 1.165) is 28.9 Å². The summed E-state index contributed by atoms with van der Waals surface area (Å²) in [6, 6.07) is 18.3. The molecule has 5 aromatic rings. The average molecular weight is 610 g/mol. The second-order valence-electron chi connectivity index (χ2n) is 11.0. The number of hydrogen-bond donors (Lipinski definition) is 2. The van der Waals surface area contributed by atoms with Crippen molar-refractivity contribution in [1.29, 1.82) is 5.26 Å². The number of nitrogens with one attached hydrogen (secondary N) is 2. The van der Waals surface area contributed by atoms with Crippen molar-refractivity contribution in [3.05, 3.63) is 123 Å². The molecule has 3 atom stereocenters. The van der Waals surface area contributed by atoms with Gasteiger partial charge in [-0.1, -0.05) is 23.7 Å². The molecule has 0 aliphatic heterocycles. The smallest absolute Gasteiger partial charge is 0.268 e. The summed E-state index contributed by atoms with van der Waals surface area (Å²) in [5.41, 5.74) is 5.30. The number of nitrogens with zero attached hydrogens (tertiary/aromatic N) is 5. The summed E-state index contributed by atoms with van der Waals surface area (Å²) >= 11 is 6.17. The lowest BCUT2D eigenvalue weighted by atomic mass is 9.99. The Morgan fingerprint density at radius 1 is 1.14 bits per heavy atom. The van der Waals surface area contributed by atoms with Crippen molar-refractivity contribution in [3.63, 3.8) is 0 Å². The molecule has 6 rings (SSSR count). The van der Waals surface area contributed by atoms with Crippen molar-refractivity contribution in [3.8, 4) is 6.07 Å². The fraction of sp³-hybridized carbons (Fsp3) is 0.242. The first-order valence-electron chi connectivity index (χ1n) is 14.3. The van der Waals surface area contributed by atoms with Gasteiger partial charge in [0.2, 0.25) is 0 Å². The van der Waals surface area contributed by atoms with Crippen molar-refractivity contribution in [2.45, 2.75) is 44.7 Å². The number of rotatable bonds is 9. The van der Waals surface area contributed by atoms with Crippen molar-refractivity contribution >= 4 is 29.1 Å². The summed E-state index contributed by atoms with van der Waals surface area (Å²) in [6.45, 7) is 4.04. The number of halogens is 2. The third kappa shape index (κ3) is 5.54. The Morgan fingerprint density at radius 2 is 1.98 bits per heavy atom. The summed E-state index contributed by atoms with van der Waals surface area (Å²) in [5.74, 6) is -0.723. The molecular formula is C33H29ClFN7O2. The molecule has 44 heavy (non-hydrogen) atoms. The molecule has 2 N–H and O–H groups in total. The van der Waals surface area contributed by atoms with E-state index in [-0.39, 0.29) is 52.8 Å². The molecule has 11 heteroatoms. The molecule has 0 saturated heterocycles. The number of carbonyl (C=O) groups is 2. The van der Waals surface area contributed by atoms with E-state index in [1.165, 1.54) is 28.8 Å². The van der Waals surface area contributed by atoms with Crippen LogP contribution in [0.25, 0.3) is 5.65 Å². The number of aryl methyl sites for hydroxylation is 1. The first kappa shape index (κ1) is 29.1. The lowest BCUT2D eigenvalue weighted by Crippen LogP contribution is -2.32. The standard InChI is InChI=1S/C33H29ClFN7O2/c1-19-8-9-21(15-23(19)24-16-25(24)29-18-38-30-7-4-12-39-42(29)30)32(43)37-13-14-41-22(17-36)10-11-28(41)33(44)40-20(2)31-26(34)5-3-6-27(31)35/h3-12,15,18,20,24-25H,13-14,16H2,1-2H3,(H,37,43)(H,40,44). The van der Waals surface area contributed by atoms with E-state index in [1.807, 2.05) is 41.9 Å². The summed E-state index contributed by atoms with van der Waals surface area (Å²) in [6.07, 6.45) is 4.57. The summed E-state index contributed by atoms with van der Waals surface area (Å²) in [5, 5.41) is 19.9. The number of aromatic nitrogens is 4. The second kappa shape index (κ2) is 11.9. The summed E-state index contributed by atoms with van der Waals surface area (Å²) in [4.78, 5) is 30.8. The van der Waals surface area contributed by atoms with Crippen LogP contribution in [-0.4, -0.2) is 37.5 Å². The number of imidazole rings is 1. The van der Waals surface area contributed by atoms with Crippen molar-refractivity contribution < 1.29 is 14.0 Å². The summed E-state index contributed by atoms with van der Waals surface area (Å²) in [7, 11) is 0. The van der Waals surface area contributed by atoms with E-state index in [4.69, 9.17) is 11.6 Å². The van der Waals surface area contributed by atoms with Crippen LogP contribution in [0.4, 0.5) is 4.39 Å². The van der Waals surface area contributed by atoms with Gasteiger partial charge in [0.15, 0.2) is 5.65 Å². The molecule has 3 aromatic heterocycles. The van der Waals surface area contributed by atoms with Crippen LogP contribution in [0.15, 0.2) is 73.1 Å². The molecule has 222 valence electrons. The van der Waals surface area contributed by atoms with Gasteiger partial charge in [-0.3, -0.25) is 9.59 Å². The molecule has 1 aliphatic carbocycles. The van der Waals surface area contributed by atoms with Crippen LogP contribution in [-0.2, 0) is 6.54 Å². The van der Waals surface area contributed by atoms with Crippen LogP contribution < -0.4 is 10.6 Å². The van der Waals surface area contributed by atoms with Crippen molar-refractivity contribution in [2.24, 2.45) is 0 Å². The monoisotopic (exact) mass is 609 g/mol. The SMILES string of the molecule is Cc1ccc(C(=O)NCCn2c(C#N)ccc2C(=O)NC(C)c2c(F)cccc2Cl)cc1C1CC1c1cnc2cccnn12. The van der Waals surface area contributed by atoms with Gasteiger partial charge in [0.05, 0.1) is 17.9 Å². The van der Waals surface area contributed by atoms with Crippen LogP contribution in [0.2, 0.25) is 5.02 Å². The van der Waals surface area contributed by atoms with Gasteiger partial charge in [-0.2, -0.15) is 10.4 Å². The largest absolute Gasteiger partial charge is 0.350 e. The van der Waals surface area contributed by atoms with Crippen molar-refractivity contribution in [2.75, 3.05) is 6.54 Å². The third-order valence-electron chi connectivity index (χ3n) is 8.14. The molecule has 1 fully saturated rings. The molecule has 1 saturated carbocycles. The Bertz CT molecular complexity index is 1920. The van der Waals surface area contributed by atoms with Gasteiger partial charge in [0.25, 0.3) is 11.8 Å². The zero-order valence-electron chi connectivity index (χ0n) is 24.1. The second-order valence-corrected chi connectivity index (χ2v) is 11.4. The van der Waals surface area contributed by atoms with Gasteiger partial charge in [-0.05, 0) is 85.8 Å². The molecule has 3 heterocycles. The highest BCUT2D eigenvalue weighted by Gasteiger charge is 2.42. The Kier molecular flexibility index (Phi) is 7.89. The minimum Gasteiger partial charge on any atom is -0.350 e. The number of benzene rings is 2. The maximum Gasteiger partial charge on any atom is 0.268 e. The molecule has 0 spiro atoms. The lowest BCUT2D eigenvalue weighted by Gasteiger charge is -2.18. The number of hydrogen-bond acceptors (Lipinski definition) is 5. The molecular weight excluding hydrogens is 581 g/mol. The molecule has 0 radical (unpaired) electrons. The van der Waals surface area contributed by atoms with Gasteiger partial charge in [-0.25, -0.2) is 13.9 Å². The van der Waals surface area contributed by atoms with Gasteiger partial charge < -0.3 is 15.2 Å². The van der Waals surface area contributed by atoms with Crippen LogP contribution in [0.5, 0.6) is 0 Å². The predicted molar refractivity (Wildman–Crippen MR) is 163 cm³/mol. The van der Waals surface area contributed by atoms with E-state index in [2.05, 4.69) is 26.8 Å². The van der Waals surface area contributed by atoms with Gasteiger partial charge in [0.1, 0.15) is 23.3 Å². The van der Waals surface area contributed by atoms with E-state index < -0.39 is 17.8 Å². The highest BCUT2D eigenvalue weighted by Crippen LogP contribution is 2.55. The lowest BCUT2D eigenvalue weighted by molar-refractivity contribution is 0.0930. The Morgan fingerprint density at radius 3 is 2.77 bits per heavy atom. The topological polar surface area (TPSA) is 117 Å². The maximum atomic E-state index is 14.4. The van der Waals surface area contributed by atoms with E-state index in [1.54, 1.807) is 25.3 Å². The van der Waals surface area contributed by atoms with Crippen molar-refractivity contribution in [1.82, 2.24) is 29.8 Å². The van der Waals surface area contributed by atoms with Crippen LogP contribution in [0.3, 0.4) is 0 Å². The fourth-order valence-electron chi connectivity index (χ4n) is 5.80. The van der Waals surface area contributed by atoms with E-state index >= 15 is 0 Å². The average Bonchev–Trinajstić information content (AvgIpc) is 3.48. The molecule has 1 aliphatic rings. The minimum atomic E-state index is -0.712. The zero-order chi connectivity index (χ0) is 31.0. The Balaban J connectivity index is 1.11. The minimum absolute atomic E-state index is 0.179. The molecule has 2 amide bonds. The van der Waals surface area contributed by atoms with Gasteiger partial charge >= 0.3 is 0 Å². The van der Waals surface area contributed by atoms with E-state index in [9.17, 15) is 19.2 Å². The predicted octanol–water partition coefficient (Wildman–Crippen LogP) is 5.70. The molecule has 0 bridgehead atoms. The number of fused-ring (bicyclic) bond motifs is 1. The zero-order valence-corrected chi connectivity index (χ0v) is 24.8. The highest BCUT2D eigenvalue weighted by molar-refractivity contribution is 6.31. The quantitative estimate of drug-likeness (QED) is 0.222. The number of nitriles is 1. The molecule has 9 nitrogen and oxygen atoms in total.